The van der Waals surface area contributed by atoms with Crippen LogP contribution in [0.3, 0.4) is 0 Å². The largest absolute Gasteiger partial charge is 0.499 e. The summed E-state index contributed by atoms with van der Waals surface area (Å²) in [5.74, 6) is 1.36. The Balaban J connectivity index is 2.42. The minimum Gasteiger partial charge on any atom is -0.499 e. The summed E-state index contributed by atoms with van der Waals surface area (Å²) in [6.07, 6.45) is 3.44. The van der Waals surface area contributed by atoms with Crippen LogP contribution in [0.2, 0.25) is 0 Å². The van der Waals surface area contributed by atoms with Gasteiger partial charge in [0.1, 0.15) is 0 Å². The van der Waals surface area contributed by atoms with E-state index in [0.29, 0.717) is 12.5 Å². The predicted molar refractivity (Wildman–Crippen MR) is 82.2 cm³/mol. The van der Waals surface area contributed by atoms with Crippen molar-refractivity contribution in [2.75, 3.05) is 27.2 Å². The molecule has 0 aliphatic rings. The van der Waals surface area contributed by atoms with Crippen molar-refractivity contribution in [3.63, 3.8) is 0 Å². The second-order valence-corrected chi connectivity index (χ2v) is 5.24. The van der Waals surface area contributed by atoms with E-state index < -0.39 is 0 Å². The highest BCUT2D eigenvalue weighted by atomic mass is 16.5. The van der Waals surface area contributed by atoms with Crippen LogP contribution >= 0.6 is 0 Å². The van der Waals surface area contributed by atoms with Gasteiger partial charge in [-0.05, 0) is 45.8 Å². The van der Waals surface area contributed by atoms with Gasteiger partial charge in [-0.2, -0.15) is 0 Å². The Kier molecular flexibility index (Phi) is 7.27. The van der Waals surface area contributed by atoms with E-state index in [4.69, 9.17) is 4.74 Å². The van der Waals surface area contributed by atoms with Gasteiger partial charge in [-0.25, -0.2) is 0 Å². The molecular formula is C17H27NO. The quantitative estimate of drug-likeness (QED) is 0.628. The van der Waals surface area contributed by atoms with Gasteiger partial charge in [0.25, 0.3) is 0 Å². The van der Waals surface area contributed by atoms with E-state index in [1.807, 2.05) is 6.92 Å². The Morgan fingerprint density at radius 3 is 2.53 bits per heavy atom. The van der Waals surface area contributed by atoms with Gasteiger partial charge in [0.2, 0.25) is 0 Å². The molecule has 0 amide bonds. The first kappa shape index (κ1) is 15.8. The molecule has 106 valence electrons. The second-order valence-electron chi connectivity index (χ2n) is 5.24. The fourth-order valence-electron chi connectivity index (χ4n) is 2.30. The second kappa shape index (κ2) is 8.76. The van der Waals surface area contributed by atoms with Crippen LogP contribution in [0.4, 0.5) is 0 Å². The predicted octanol–water partition coefficient (Wildman–Crippen LogP) is 3.74. The molecule has 2 heteroatoms. The molecule has 0 fully saturated rings. The van der Waals surface area contributed by atoms with Gasteiger partial charge in [-0.1, -0.05) is 36.9 Å². The molecule has 1 aromatic carbocycles. The highest BCUT2D eigenvalue weighted by Gasteiger charge is 2.14. The van der Waals surface area contributed by atoms with Gasteiger partial charge in [0.15, 0.2) is 0 Å². The molecule has 1 unspecified atom stereocenters. The third-order valence-electron chi connectivity index (χ3n) is 3.23. The SMILES string of the molecule is C=C(OCC)C(CCCc1ccccc1)CN(C)C. The van der Waals surface area contributed by atoms with E-state index in [1.165, 1.54) is 12.0 Å². The van der Waals surface area contributed by atoms with Crippen molar-refractivity contribution in [3.05, 3.63) is 48.2 Å². The van der Waals surface area contributed by atoms with Gasteiger partial charge in [-0.15, -0.1) is 0 Å². The maximum atomic E-state index is 5.59. The summed E-state index contributed by atoms with van der Waals surface area (Å²) in [6.45, 7) is 7.81. The lowest BCUT2D eigenvalue weighted by Crippen LogP contribution is -2.24. The summed E-state index contributed by atoms with van der Waals surface area (Å²) >= 11 is 0. The molecule has 0 aliphatic carbocycles. The van der Waals surface area contributed by atoms with Crippen LogP contribution in [-0.4, -0.2) is 32.1 Å². The molecule has 0 heterocycles. The Hall–Kier alpha value is -1.28. The van der Waals surface area contributed by atoms with Crippen molar-refractivity contribution in [3.8, 4) is 0 Å². The van der Waals surface area contributed by atoms with Gasteiger partial charge < -0.3 is 9.64 Å². The van der Waals surface area contributed by atoms with E-state index in [2.05, 4.69) is 55.9 Å². The lowest BCUT2D eigenvalue weighted by molar-refractivity contribution is 0.170. The molecule has 0 aliphatic heterocycles. The van der Waals surface area contributed by atoms with Crippen molar-refractivity contribution in [2.45, 2.75) is 26.2 Å². The molecule has 0 saturated heterocycles. The monoisotopic (exact) mass is 261 g/mol. The molecule has 0 bridgehead atoms. The molecule has 1 atom stereocenters. The summed E-state index contributed by atoms with van der Waals surface area (Å²) in [7, 11) is 4.20. The Morgan fingerprint density at radius 2 is 1.95 bits per heavy atom. The third-order valence-corrected chi connectivity index (χ3v) is 3.23. The number of aryl methyl sites for hydroxylation is 1. The van der Waals surface area contributed by atoms with Crippen molar-refractivity contribution < 1.29 is 4.74 Å². The maximum Gasteiger partial charge on any atom is 0.0931 e. The van der Waals surface area contributed by atoms with Gasteiger partial charge in [0.05, 0.1) is 12.4 Å². The smallest absolute Gasteiger partial charge is 0.0931 e. The van der Waals surface area contributed by atoms with Crippen LogP contribution in [0.15, 0.2) is 42.7 Å². The standard InChI is InChI=1S/C17H27NO/c1-5-19-15(2)17(14-18(3)4)13-9-12-16-10-7-6-8-11-16/h6-8,10-11,17H,2,5,9,12-14H2,1,3-4H3. The summed E-state index contributed by atoms with van der Waals surface area (Å²) in [5.41, 5.74) is 1.41. The van der Waals surface area contributed by atoms with Gasteiger partial charge in [0, 0.05) is 12.5 Å². The summed E-state index contributed by atoms with van der Waals surface area (Å²) in [5, 5.41) is 0. The summed E-state index contributed by atoms with van der Waals surface area (Å²) in [4.78, 5) is 2.21. The first-order chi connectivity index (χ1) is 9.13. The number of hydrogen-bond acceptors (Lipinski definition) is 2. The minimum atomic E-state index is 0.429. The molecule has 0 N–H and O–H groups in total. The average Bonchev–Trinajstić information content (AvgIpc) is 2.38. The Bertz CT molecular complexity index is 359. The molecular weight excluding hydrogens is 234 g/mol. The van der Waals surface area contributed by atoms with E-state index in [0.717, 1.165) is 25.1 Å². The van der Waals surface area contributed by atoms with Crippen LogP contribution in [0.1, 0.15) is 25.3 Å². The lowest BCUT2D eigenvalue weighted by atomic mass is 9.97. The van der Waals surface area contributed by atoms with Crippen molar-refractivity contribution in [1.82, 2.24) is 4.90 Å². The summed E-state index contributed by atoms with van der Waals surface area (Å²) in [6, 6.07) is 10.7. The zero-order valence-corrected chi connectivity index (χ0v) is 12.6. The molecule has 1 aromatic rings. The van der Waals surface area contributed by atoms with E-state index >= 15 is 0 Å². The maximum absolute atomic E-state index is 5.59. The average molecular weight is 261 g/mol. The first-order valence-electron chi connectivity index (χ1n) is 7.13. The number of ether oxygens (including phenoxy) is 1. The van der Waals surface area contributed by atoms with Crippen LogP contribution in [0.25, 0.3) is 0 Å². The molecule has 19 heavy (non-hydrogen) atoms. The topological polar surface area (TPSA) is 12.5 Å². The minimum absolute atomic E-state index is 0.429. The molecule has 2 nitrogen and oxygen atoms in total. The fourth-order valence-corrected chi connectivity index (χ4v) is 2.30. The molecule has 0 spiro atoms. The van der Waals surface area contributed by atoms with Crippen LogP contribution in [0.5, 0.6) is 0 Å². The fraction of sp³-hybridized carbons (Fsp3) is 0.529. The summed E-state index contributed by atoms with van der Waals surface area (Å²) < 4.78 is 5.59. The third kappa shape index (κ3) is 6.44. The Labute approximate surface area is 118 Å². The van der Waals surface area contributed by atoms with Crippen LogP contribution in [-0.2, 0) is 11.2 Å². The molecule has 1 rings (SSSR count). The highest BCUT2D eigenvalue weighted by Crippen LogP contribution is 2.19. The van der Waals surface area contributed by atoms with Crippen molar-refractivity contribution in [1.29, 1.82) is 0 Å². The zero-order valence-electron chi connectivity index (χ0n) is 12.6. The molecule has 0 radical (unpaired) electrons. The van der Waals surface area contributed by atoms with E-state index in [9.17, 15) is 0 Å². The van der Waals surface area contributed by atoms with Gasteiger partial charge in [-0.3, -0.25) is 0 Å². The number of benzene rings is 1. The number of rotatable bonds is 9. The zero-order chi connectivity index (χ0) is 14.1. The first-order valence-corrected chi connectivity index (χ1v) is 7.13. The highest BCUT2D eigenvalue weighted by molar-refractivity contribution is 5.14. The Morgan fingerprint density at radius 1 is 1.26 bits per heavy atom. The van der Waals surface area contributed by atoms with E-state index in [-0.39, 0.29) is 0 Å². The molecule has 0 aromatic heterocycles. The molecule has 0 saturated carbocycles. The van der Waals surface area contributed by atoms with Crippen molar-refractivity contribution in [2.24, 2.45) is 5.92 Å². The van der Waals surface area contributed by atoms with Crippen LogP contribution in [0, 0.1) is 5.92 Å². The van der Waals surface area contributed by atoms with E-state index in [1.54, 1.807) is 0 Å². The lowest BCUT2D eigenvalue weighted by Gasteiger charge is -2.23. The van der Waals surface area contributed by atoms with Crippen LogP contribution < -0.4 is 0 Å². The number of nitrogens with zero attached hydrogens (tertiary/aromatic N) is 1. The normalized spacial score (nSPS) is 12.4. The van der Waals surface area contributed by atoms with Crippen molar-refractivity contribution >= 4 is 0 Å². The number of hydrogen-bond donors (Lipinski definition) is 0. The van der Waals surface area contributed by atoms with Gasteiger partial charge >= 0.3 is 0 Å².